The Balaban J connectivity index is 2.28. The molecule has 0 saturated carbocycles. The van der Waals surface area contributed by atoms with Gasteiger partial charge < -0.3 is 19.5 Å². The molecule has 28 heavy (non-hydrogen) atoms. The molecule has 1 unspecified atom stereocenters. The zero-order valence-corrected chi connectivity index (χ0v) is 15.4. The van der Waals surface area contributed by atoms with Crippen LogP contribution >= 0.6 is 0 Å². The van der Waals surface area contributed by atoms with Crippen LogP contribution in [0.15, 0.2) is 54.1 Å². The van der Waals surface area contributed by atoms with Crippen molar-refractivity contribution >= 4 is 17.4 Å². The number of hydrogen-bond donors (Lipinski definition) is 1. The number of nitrogens with zero attached hydrogens (tertiary/aromatic N) is 2. The fourth-order valence-electron chi connectivity index (χ4n) is 3.25. The number of aliphatic hydroxyl groups is 1. The van der Waals surface area contributed by atoms with Crippen LogP contribution in [-0.2, 0) is 9.59 Å². The van der Waals surface area contributed by atoms with Crippen LogP contribution in [0.2, 0.25) is 0 Å². The molecule has 0 radical (unpaired) electrons. The highest BCUT2D eigenvalue weighted by Crippen LogP contribution is 2.43. The molecule has 1 aliphatic rings. The molecule has 0 bridgehead atoms. The van der Waals surface area contributed by atoms with E-state index in [4.69, 9.17) is 9.47 Å². The van der Waals surface area contributed by atoms with Crippen LogP contribution in [0.4, 0.5) is 0 Å². The molecule has 1 N–H and O–H groups in total. The van der Waals surface area contributed by atoms with Gasteiger partial charge in [-0.05, 0) is 18.2 Å². The van der Waals surface area contributed by atoms with E-state index in [9.17, 15) is 20.0 Å². The van der Waals surface area contributed by atoms with Crippen LogP contribution in [0.25, 0.3) is 5.76 Å². The molecule has 7 nitrogen and oxygen atoms in total. The minimum Gasteiger partial charge on any atom is -0.507 e. The molecule has 2 aromatic carbocycles. The number of aliphatic hydroxyl groups excluding tert-OH is 1. The monoisotopic (exact) mass is 378 g/mol. The Kier molecular flexibility index (Phi) is 5.32. The summed E-state index contributed by atoms with van der Waals surface area (Å²) in [4.78, 5) is 26.5. The molecular weight excluding hydrogens is 360 g/mol. The number of benzene rings is 2. The van der Waals surface area contributed by atoms with E-state index in [0.717, 1.165) is 4.90 Å². The van der Waals surface area contributed by atoms with Crippen molar-refractivity contribution in [3.63, 3.8) is 0 Å². The smallest absolute Gasteiger partial charge is 0.296 e. The fraction of sp³-hybridized carbons (Fsp3) is 0.190. The van der Waals surface area contributed by atoms with Gasteiger partial charge in [-0.15, -0.1) is 0 Å². The number of nitriles is 1. The van der Waals surface area contributed by atoms with E-state index in [1.807, 2.05) is 6.07 Å². The number of Topliss-reactive ketones (excluding diaryl/α,β-unsaturated/α-hetero) is 1. The van der Waals surface area contributed by atoms with Crippen molar-refractivity contribution in [3.8, 4) is 17.6 Å². The number of ether oxygens (including phenoxy) is 2. The summed E-state index contributed by atoms with van der Waals surface area (Å²) in [5.74, 6) is -1.14. The summed E-state index contributed by atoms with van der Waals surface area (Å²) >= 11 is 0. The van der Waals surface area contributed by atoms with Gasteiger partial charge in [-0.3, -0.25) is 9.59 Å². The molecule has 0 aliphatic carbocycles. The van der Waals surface area contributed by atoms with E-state index >= 15 is 0 Å². The van der Waals surface area contributed by atoms with Gasteiger partial charge in [-0.1, -0.05) is 30.3 Å². The van der Waals surface area contributed by atoms with Gasteiger partial charge in [0.1, 0.15) is 23.8 Å². The highest BCUT2D eigenvalue weighted by Gasteiger charge is 2.47. The van der Waals surface area contributed by atoms with Crippen LogP contribution in [0.5, 0.6) is 11.5 Å². The van der Waals surface area contributed by atoms with E-state index in [0.29, 0.717) is 22.6 Å². The SMILES string of the molecule is COc1ccc(OC)c(C2/C(=C(\O)c3ccccc3)C(=O)C(=O)N2CC#N)c1. The number of rotatable bonds is 5. The molecule has 1 atom stereocenters. The molecule has 0 aromatic heterocycles. The Hall–Kier alpha value is -3.79. The molecule has 1 aliphatic heterocycles. The van der Waals surface area contributed by atoms with Crippen molar-refractivity contribution in [3.05, 3.63) is 65.2 Å². The van der Waals surface area contributed by atoms with Crippen molar-refractivity contribution in [1.29, 1.82) is 5.26 Å². The highest BCUT2D eigenvalue weighted by atomic mass is 16.5. The fourth-order valence-corrected chi connectivity index (χ4v) is 3.25. The minimum atomic E-state index is -0.982. The predicted molar refractivity (Wildman–Crippen MR) is 101 cm³/mol. The van der Waals surface area contributed by atoms with Crippen molar-refractivity contribution in [1.82, 2.24) is 4.90 Å². The number of ketones is 1. The molecule has 142 valence electrons. The average Bonchev–Trinajstić information content (AvgIpc) is 2.98. The Morgan fingerprint density at radius 3 is 2.46 bits per heavy atom. The lowest BCUT2D eigenvalue weighted by Crippen LogP contribution is -2.30. The van der Waals surface area contributed by atoms with E-state index in [1.54, 1.807) is 48.5 Å². The summed E-state index contributed by atoms with van der Waals surface area (Å²) in [6.07, 6.45) is 0. The molecule has 1 heterocycles. The summed E-state index contributed by atoms with van der Waals surface area (Å²) in [6.45, 7) is -0.318. The zero-order chi connectivity index (χ0) is 20.3. The molecular formula is C21H18N2O5. The third-order valence-electron chi connectivity index (χ3n) is 4.56. The zero-order valence-electron chi connectivity index (χ0n) is 15.4. The molecule has 1 saturated heterocycles. The number of carbonyl (C=O) groups excluding carboxylic acids is 2. The average molecular weight is 378 g/mol. The summed E-state index contributed by atoms with van der Waals surface area (Å²) in [6, 6.07) is 14.3. The molecule has 0 spiro atoms. The first-order valence-electron chi connectivity index (χ1n) is 8.46. The number of amides is 1. The van der Waals surface area contributed by atoms with E-state index in [-0.39, 0.29) is 17.9 Å². The van der Waals surface area contributed by atoms with Crippen LogP contribution in [0, 0.1) is 11.3 Å². The quantitative estimate of drug-likeness (QED) is 0.372. The summed E-state index contributed by atoms with van der Waals surface area (Å²) < 4.78 is 10.7. The van der Waals surface area contributed by atoms with Gasteiger partial charge in [0.15, 0.2) is 0 Å². The predicted octanol–water partition coefficient (Wildman–Crippen LogP) is 2.65. The Morgan fingerprint density at radius 1 is 1.14 bits per heavy atom. The first-order chi connectivity index (χ1) is 13.5. The molecule has 3 rings (SSSR count). The number of likely N-dealkylation sites (tertiary alicyclic amines) is 1. The Bertz CT molecular complexity index is 992. The molecule has 7 heteroatoms. The molecule has 2 aromatic rings. The maximum atomic E-state index is 12.8. The Labute approximate surface area is 162 Å². The van der Waals surface area contributed by atoms with Gasteiger partial charge in [-0.2, -0.15) is 5.26 Å². The highest BCUT2D eigenvalue weighted by molar-refractivity contribution is 6.46. The van der Waals surface area contributed by atoms with Crippen LogP contribution in [0.1, 0.15) is 17.2 Å². The maximum absolute atomic E-state index is 12.8. The third kappa shape index (κ3) is 3.16. The van der Waals surface area contributed by atoms with Crippen LogP contribution < -0.4 is 9.47 Å². The van der Waals surface area contributed by atoms with Crippen LogP contribution in [0.3, 0.4) is 0 Å². The largest absolute Gasteiger partial charge is 0.507 e. The number of methoxy groups -OCH3 is 2. The number of carbonyl (C=O) groups is 2. The second-order valence-corrected chi connectivity index (χ2v) is 6.06. The topological polar surface area (TPSA) is 99.9 Å². The summed E-state index contributed by atoms with van der Waals surface area (Å²) in [7, 11) is 2.95. The maximum Gasteiger partial charge on any atom is 0.296 e. The first-order valence-corrected chi connectivity index (χ1v) is 8.46. The first kappa shape index (κ1) is 19.0. The lowest BCUT2D eigenvalue weighted by atomic mass is 9.94. The van der Waals surface area contributed by atoms with E-state index in [2.05, 4.69) is 0 Å². The van der Waals surface area contributed by atoms with Gasteiger partial charge >= 0.3 is 0 Å². The molecule has 1 fully saturated rings. The van der Waals surface area contributed by atoms with Gasteiger partial charge in [0, 0.05) is 11.1 Å². The minimum absolute atomic E-state index is 0.0991. The molecule has 1 amide bonds. The second-order valence-electron chi connectivity index (χ2n) is 6.06. The second kappa shape index (κ2) is 7.84. The van der Waals surface area contributed by atoms with E-state index in [1.165, 1.54) is 14.2 Å². The summed E-state index contributed by atoms with van der Waals surface area (Å²) in [5, 5.41) is 20.0. The van der Waals surface area contributed by atoms with Crippen molar-refractivity contribution in [2.45, 2.75) is 6.04 Å². The normalized spacial score (nSPS) is 18.0. The lowest BCUT2D eigenvalue weighted by molar-refractivity contribution is -0.139. The van der Waals surface area contributed by atoms with Crippen LogP contribution in [-0.4, -0.2) is 42.5 Å². The van der Waals surface area contributed by atoms with E-state index < -0.39 is 17.7 Å². The standard InChI is InChI=1S/C21H18N2O5/c1-27-14-8-9-16(28-2)15(12-14)18-17(19(24)13-6-4-3-5-7-13)20(25)21(26)23(18)11-10-22/h3-9,12,18,24H,11H2,1-2H3/b19-17+. The Morgan fingerprint density at radius 2 is 1.86 bits per heavy atom. The lowest BCUT2D eigenvalue weighted by Gasteiger charge is -2.24. The van der Waals surface area contributed by atoms with Gasteiger partial charge in [0.2, 0.25) is 0 Å². The third-order valence-corrected chi connectivity index (χ3v) is 4.56. The van der Waals surface area contributed by atoms with Gasteiger partial charge in [0.05, 0.1) is 31.9 Å². The van der Waals surface area contributed by atoms with Crippen molar-refractivity contribution in [2.24, 2.45) is 0 Å². The van der Waals surface area contributed by atoms with Gasteiger partial charge in [-0.25, -0.2) is 0 Å². The number of hydrogen-bond acceptors (Lipinski definition) is 6. The van der Waals surface area contributed by atoms with Crippen molar-refractivity contribution < 1.29 is 24.2 Å². The summed E-state index contributed by atoms with van der Waals surface area (Å²) in [5.41, 5.74) is 0.733. The van der Waals surface area contributed by atoms with Crippen molar-refractivity contribution in [2.75, 3.05) is 20.8 Å². The van der Waals surface area contributed by atoms with Gasteiger partial charge in [0.25, 0.3) is 11.7 Å².